The number of aryl methyl sites for hydroxylation is 2. The molecule has 0 spiro atoms. The zero-order chi connectivity index (χ0) is 20.7. The van der Waals surface area contributed by atoms with Gasteiger partial charge in [0.05, 0.1) is 16.6 Å². The Kier molecular flexibility index (Phi) is 5.05. The minimum absolute atomic E-state index is 0.0197. The number of nitrogens with zero attached hydrogens (tertiary/aromatic N) is 6. The Morgan fingerprint density at radius 2 is 1.93 bits per heavy atom. The number of imidazole rings is 1. The third-order valence-corrected chi connectivity index (χ3v) is 5.00. The van der Waals surface area contributed by atoms with Gasteiger partial charge >= 0.3 is 5.69 Å². The number of benzene rings is 1. The summed E-state index contributed by atoms with van der Waals surface area (Å²) >= 11 is 12.0. The minimum Gasteiger partial charge on any atom is -0.384 e. The van der Waals surface area contributed by atoms with Crippen LogP contribution in [0, 0.1) is 0 Å². The van der Waals surface area contributed by atoms with E-state index in [4.69, 9.17) is 28.9 Å². The molecule has 0 unspecified atom stereocenters. The fraction of sp³-hybridized carbons (Fsp3) is 0.176. The molecule has 3 rings (SSSR count). The van der Waals surface area contributed by atoms with Crippen molar-refractivity contribution in [3.8, 4) is 0 Å². The minimum atomic E-state index is -0.530. The summed E-state index contributed by atoms with van der Waals surface area (Å²) in [6.07, 6.45) is 0. The molecule has 0 saturated heterocycles. The lowest BCUT2D eigenvalue weighted by Crippen LogP contribution is -2.39. The first-order valence-corrected chi connectivity index (χ1v) is 8.74. The van der Waals surface area contributed by atoms with Crippen molar-refractivity contribution in [2.45, 2.75) is 6.54 Å². The molecule has 0 aliphatic rings. The van der Waals surface area contributed by atoms with Crippen LogP contribution in [0.5, 0.6) is 0 Å². The van der Waals surface area contributed by atoms with E-state index >= 15 is 0 Å². The second-order valence-electron chi connectivity index (χ2n) is 6.07. The Bertz CT molecular complexity index is 1240. The van der Waals surface area contributed by atoms with Crippen LogP contribution in [-0.2, 0) is 20.6 Å². The maximum Gasteiger partial charge on any atom is 0.332 e. The molecule has 0 aliphatic heterocycles. The average Bonchev–Trinajstić information content (AvgIpc) is 2.98. The molecule has 0 aliphatic carbocycles. The predicted octanol–water partition coefficient (Wildman–Crippen LogP) is 1.64. The van der Waals surface area contributed by atoms with Crippen LogP contribution in [0.3, 0.4) is 0 Å². The number of halogens is 2. The number of aromatic nitrogens is 4. The lowest BCUT2D eigenvalue weighted by molar-refractivity contribution is 0.655. The number of anilines is 1. The predicted molar refractivity (Wildman–Crippen MR) is 111 cm³/mol. The van der Waals surface area contributed by atoms with Crippen LogP contribution in [0.2, 0.25) is 10.0 Å². The third-order valence-electron chi connectivity index (χ3n) is 4.26. The van der Waals surface area contributed by atoms with Gasteiger partial charge in [-0.25, -0.2) is 4.79 Å². The van der Waals surface area contributed by atoms with Crippen molar-refractivity contribution in [1.82, 2.24) is 18.7 Å². The zero-order valence-electron chi connectivity index (χ0n) is 15.2. The van der Waals surface area contributed by atoms with E-state index in [-0.39, 0.29) is 29.5 Å². The summed E-state index contributed by atoms with van der Waals surface area (Å²) in [4.78, 5) is 30.2. The maximum atomic E-state index is 13.1. The second kappa shape index (κ2) is 7.17. The van der Waals surface area contributed by atoms with Crippen molar-refractivity contribution in [1.29, 1.82) is 0 Å². The van der Waals surface area contributed by atoms with Gasteiger partial charge in [-0.15, -0.1) is 0 Å². The van der Waals surface area contributed by atoms with Gasteiger partial charge in [0.25, 0.3) is 5.56 Å². The van der Waals surface area contributed by atoms with Crippen LogP contribution in [0.25, 0.3) is 11.2 Å². The number of hydrogen-bond acceptors (Lipinski definition) is 6. The van der Waals surface area contributed by atoms with Crippen LogP contribution < -0.4 is 22.0 Å². The Balaban J connectivity index is 2.26. The maximum absolute atomic E-state index is 13.1. The molecule has 2 heterocycles. The molecule has 0 bridgehead atoms. The van der Waals surface area contributed by atoms with Crippen molar-refractivity contribution in [2.75, 3.05) is 5.01 Å². The lowest BCUT2D eigenvalue weighted by atomic mass is 10.2. The Labute approximate surface area is 169 Å². The molecular formula is C17H17Cl2N7O2. The van der Waals surface area contributed by atoms with Gasteiger partial charge < -0.3 is 10.3 Å². The number of hydrogen-bond donors (Lipinski definition) is 1. The molecule has 11 heteroatoms. The molecule has 146 valence electrons. The highest BCUT2D eigenvalue weighted by Gasteiger charge is 2.22. The summed E-state index contributed by atoms with van der Waals surface area (Å²) in [6.45, 7) is 7.05. The Morgan fingerprint density at radius 1 is 1.25 bits per heavy atom. The van der Waals surface area contributed by atoms with Crippen LogP contribution in [-0.4, -0.2) is 25.4 Å². The number of rotatable bonds is 5. The van der Waals surface area contributed by atoms with Crippen LogP contribution in [0.1, 0.15) is 5.56 Å². The van der Waals surface area contributed by atoms with Gasteiger partial charge in [-0.05, 0) is 17.7 Å². The summed E-state index contributed by atoms with van der Waals surface area (Å²) in [5.41, 5.74) is 5.70. The first-order chi connectivity index (χ1) is 13.2. The van der Waals surface area contributed by atoms with Gasteiger partial charge in [0.15, 0.2) is 11.2 Å². The van der Waals surface area contributed by atoms with E-state index in [1.54, 1.807) is 25.2 Å². The molecule has 9 nitrogen and oxygen atoms in total. The third kappa shape index (κ3) is 3.08. The van der Waals surface area contributed by atoms with Crippen LogP contribution in [0.15, 0.2) is 45.3 Å². The lowest BCUT2D eigenvalue weighted by Gasteiger charge is -2.15. The topological polar surface area (TPSA) is 103 Å². The van der Waals surface area contributed by atoms with E-state index in [0.29, 0.717) is 15.6 Å². The quantitative estimate of drug-likeness (QED) is 0.498. The number of fused-ring (bicyclic) bond motifs is 1. The summed E-state index contributed by atoms with van der Waals surface area (Å²) < 4.78 is 3.85. The number of nitrogens with two attached hydrogens (primary N) is 1. The van der Waals surface area contributed by atoms with Crippen molar-refractivity contribution in [2.24, 2.45) is 24.9 Å². The standard InChI is InChI=1S/C17H17Cl2N7O2/c1-9(20)26(21-2)16-22-14-13(23(16)3)15(27)25(17(28)24(14)4)8-10-5-6-11(18)12(19)7-10/h5-7H,1-2,8,20H2,3-4H3. The first kappa shape index (κ1) is 19.7. The zero-order valence-corrected chi connectivity index (χ0v) is 16.7. The molecule has 0 fully saturated rings. The molecule has 2 aromatic heterocycles. The van der Waals surface area contributed by atoms with Gasteiger partial charge in [-0.3, -0.25) is 13.9 Å². The van der Waals surface area contributed by atoms with Gasteiger partial charge in [0.1, 0.15) is 5.82 Å². The average molecular weight is 422 g/mol. The van der Waals surface area contributed by atoms with Gasteiger partial charge in [0.2, 0.25) is 5.95 Å². The summed E-state index contributed by atoms with van der Waals surface area (Å²) in [5.74, 6) is 0.270. The SMILES string of the molecule is C=NN(C(=C)N)c1nc2c(c(=O)n(Cc3ccc(Cl)c(Cl)c3)c(=O)n2C)n1C. The van der Waals surface area contributed by atoms with Crippen molar-refractivity contribution >= 4 is 47.0 Å². The van der Waals surface area contributed by atoms with Gasteiger partial charge in [-0.2, -0.15) is 15.1 Å². The van der Waals surface area contributed by atoms with Crippen molar-refractivity contribution in [3.63, 3.8) is 0 Å². The summed E-state index contributed by atoms with van der Waals surface area (Å²) in [7, 11) is 3.14. The van der Waals surface area contributed by atoms with E-state index < -0.39 is 11.2 Å². The fourth-order valence-electron chi connectivity index (χ4n) is 2.86. The molecule has 0 atom stereocenters. The summed E-state index contributed by atoms with van der Waals surface area (Å²) in [6, 6.07) is 4.91. The highest BCUT2D eigenvalue weighted by atomic mass is 35.5. The highest BCUT2D eigenvalue weighted by Crippen LogP contribution is 2.23. The van der Waals surface area contributed by atoms with Crippen molar-refractivity contribution < 1.29 is 0 Å². The smallest absolute Gasteiger partial charge is 0.332 e. The van der Waals surface area contributed by atoms with Gasteiger partial charge in [-0.1, -0.05) is 35.8 Å². The normalized spacial score (nSPS) is 11.0. The fourth-order valence-corrected chi connectivity index (χ4v) is 3.18. The van der Waals surface area contributed by atoms with Crippen LogP contribution >= 0.6 is 23.2 Å². The summed E-state index contributed by atoms with van der Waals surface area (Å²) in [5, 5.41) is 5.65. The molecule has 0 saturated carbocycles. The van der Waals surface area contributed by atoms with Crippen molar-refractivity contribution in [3.05, 3.63) is 67.0 Å². The Morgan fingerprint density at radius 3 is 2.50 bits per heavy atom. The molecule has 0 amide bonds. The monoisotopic (exact) mass is 421 g/mol. The van der Waals surface area contributed by atoms with E-state index in [1.807, 2.05) is 0 Å². The number of hydrazone groups is 1. The molecule has 0 radical (unpaired) electrons. The first-order valence-electron chi connectivity index (χ1n) is 7.98. The van der Waals surface area contributed by atoms with E-state index in [0.717, 1.165) is 4.57 Å². The van der Waals surface area contributed by atoms with Gasteiger partial charge in [0, 0.05) is 20.8 Å². The van der Waals surface area contributed by atoms with E-state index in [2.05, 4.69) is 23.4 Å². The molecule has 28 heavy (non-hydrogen) atoms. The molecular weight excluding hydrogens is 405 g/mol. The molecule has 2 N–H and O–H groups in total. The highest BCUT2D eigenvalue weighted by molar-refractivity contribution is 6.42. The molecule has 3 aromatic rings. The second-order valence-corrected chi connectivity index (χ2v) is 6.88. The molecule has 1 aromatic carbocycles. The Hall–Kier alpha value is -3.04. The van der Waals surface area contributed by atoms with Crippen LogP contribution in [0.4, 0.5) is 5.95 Å². The van der Waals surface area contributed by atoms with E-state index in [1.165, 1.54) is 21.2 Å². The largest absolute Gasteiger partial charge is 0.384 e. The van der Waals surface area contributed by atoms with E-state index in [9.17, 15) is 9.59 Å².